The summed E-state index contributed by atoms with van der Waals surface area (Å²) in [6.07, 6.45) is 3.17. The summed E-state index contributed by atoms with van der Waals surface area (Å²) in [6.45, 7) is 5.27. The zero-order valence-corrected chi connectivity index (χ0v) is 9.97. The third-order valence-electron chi connectivity index (χ3n) is 2.51. The quantitative estimate of drug-likeness (QED) is 0.844. The molecule has 2 amide bonds. The predicted octanol–water partition coefficient (Wildman–Crippen LogP) is 1.56. The first-order valence-electron chi connectivity index (χ1n) is 5.33. The molecule has 0 aliphatic carbocycles. The fraction of sp³-hybridized carbons (Fsp3) is 0.455. The number of nitrogen functional groups attached to an aromatic ring is 1. The average molecular weight is 222 g/mol. The molecule has 0 saturated heterocycles. The van der Waals surface area contributed by atoms with Crippen LogP contribution in [0.3, 0.4) is 0 Å². The number of amides is 2. The van der Waals surface area contributed by atoms with Crippen molar-refractivity contribution in [1.29, 1.82) is 0 Å². The van der Waals surface area contributed by atoms with Gasteiger partial charge in [0.15, 0.2) is 0 Å². The molecule has 1 rings (SSSR count). The van der Waals surface area contributed by atoms with Crippen LogP contribution in [0.25, 0.3) is 0 Å². The van der Waals surface area contributed by atoms with Crippen molar-refractivity contribution in [2.45, 2.75) is 13.8 Å². The number of rotatable bonds is 3. The zero-order valence-electron chi connectivity index (χ0n) is 9.97. The Labute approximate surface area is 95.9 Å². The number of nitrogens with zero attached hydrogens (tertiary/aromatic N) is 3. The maximum atomic E-state index is 12.0. The maximum absolute atomic E-state index is 12.0. The van der Waals surface area contributed by atoms with E-state index in [1.807, 2.05) is 13.8 Å². The maximum Gasteiger partial charge on any atom is 0.324 e. The number of nitrogens with two attached hydrogens (primary N) is 1. The fourth-order valence-electron chi connectivity index (χ4n) is 1.51. The SMILES string of the molecule is CCN(CC)C(=O)N(C)c1ccncc1N. The van der Waals surface area contributed by atoms with E-state index in [9.17, 15) is 4.79 Å². The second-order valence-corrected chi connectivity index (χ2v) is 3.45. The van der Waals surface area contributed by atoms with Gasteiger partial charge in [0.1, 0.15) is 0 Å². The summed E-state index contributed by atoms with van der Waals surface area (Å²) >= 11 is 0. The van der Waals surface area contributed by atoms with Crippen LogP contribution in [0.1, 0.15) is 13.8 Å². The van der Waals surface area contributed by atoms with Crippen LogP contribution in [0.2, 0.25) is 0 Å². The summed E-state index contributed by atoms with van der Waals surface area (Å²) < 4.78 is 0. The highest BCUT2D eigenvalue weighted by molar-refractivity contribution is 5.94. The van der Waals surface area contributed by atoms with Gasteiger partial charge in [-0.2, -0.15) is 0 Å². The number of carbonyl (C=O) groups excluding carboxylic acids is 1. The van der Waals surface area contributed by atoms with Crippen LogP contribution in [0.15, 0.2) is 18.5 Å². The molecular formula is C11H18N4O. The van der Waals surface area contributed by atoms with Crippen LogP contribution >= 0.6 is 0 Å². The van der Waals surface area contributed by atoms with Crippen molar-refractivity contribution in [3.05, 3.63) is 18.5 Å². The Morgan fingerprint density at radius 3 is 2.56 bits per heavy atom. The molecule has 0 radical (unpaired) electrons. The normalized spacial score (nSPS) is 9.94. The Hall–Kier alpha value is -1.78. The van der Waals surface area contributed by atoms with Gasteiger partial charge in [-0.15, -0.1) is 0 Å². The standard InChI is InChI=1S/C11H18N4O/c1-4-15(5-2)11(16)14(3)10-6-7-13-8-9(10)12/h6-8H,4-5,12H2,1-3H3. The van der Waals surface area contributed by atoms with Crippen molar-refractivity contribution in [3.8, 4) is 0 Å². The minimum atomic E-state index is -0.0529. The third-order valence-corrected chi connectivity index (χ3v) is 2.51. The average Bonchev–Trinajstić information content (AvgIpc) is 2.30. The number of hydrogen-bond acceptors (Lipinski definition) is 3. The summed E-state index contributed by atoms with van der Waals surface area (Å²) in [7, 11) is 1.71. The van der Waals surface area contributed by atoms with E-state index < -0.39 is 0 Å². The van der Waals surface area contributed by atoms with Gasteiger partial charge < -0.3 is 10.6 Å². The number of pyridine rings is 1. The Bertz CT molecular complexity index is 363. The number of hydrogen-bond donors (Lipinski definition) is 1. The summed E-state index contributed by atoms with van der Waals surface area (Å²) in [5.41, 5.74) is 6.96. The van der Waals surface area contributed by atoms with Crippen LogP contribution in [0.5, 0.6) is 0 Å². The minimum absolute atomic E-state index is 0.0529. The Kier molecular flexibility index (Phi) is 4.10. The first-order valence-corrected chi connectivity index (χ1v) is 5.33. The van der Waals surface area contributed by atoms with Crippen molar-refractivity contribution >= 4 is 17.4 Å². The molecule has 0 spiro atoms. The first kappa shape index (κ1) is 12.3. The molecule has 0 atom stereocenters. The molecular weight excluding hydrogens is 204 g/mol. The van der Waals surface area contributed by atoms with Crippen molar-refractivity contribution in [2.75, 3.05) is 30.8 Å². The molecule has 1 aromatic heterocycles. The molecule has 88 valence electrons. The Morgan fingerprint density at radius 2 is 2.06 bits per heavy atom. The highest BCUT2D eigenvalue weighted by atomic mass is 16.2. The van der Waals surface area contributed by atoms with E-state index in [4.69, 9.17) is 5.73 Å². The summed E-state index contributed by atoms with van der Waals surface area (Å²) in [6, 6.07) is 1.68. The van der Waals surface area contributed by atoms with E-state index in [1.165, 1.54) is 0 Å². The number of carbonyl (C=O) groups is 1. The van der Waals surface area contributed by atoms with E-state index in [2.05, 4.69) is 4.98 Å². The molecule has 1 heterocycles. The van der Waals surface area contributed by atoms with Gasteiger partial charge in [0.2, 0.25) is 0 Å². The van der Waals surface area contributed by atoms with E-state index in [1.54, 1.807) is 35.3 Å². The number of urea groups is 1. The molecule has 5 heteroatoms. The Balaban J connectivity index is 2.90. The number of anilines is 2. The summed E-state index contributed by atoms with van der Waals surface area (Å²) in [5.74, 6) is 0. The van der Waals surface area contributed by atoms with Gasteiger partial charge in [0.05, 0.1) is 17.6 Å². The zero-order chi connectivity index (χ0) is 12.1. The molecule has 0 bridgehead atoms. The minimum Gasteiger partial charge on any atom is -0.396 e. The lowest BCUT2D eigenvalue weighted by Gasteiger charge is -2.26. The van der Waals surface area contributed by atoms with Crippen molar-refractivity contribution < 1.29 is 4.79 Å². The molecule has 0 unspecified atom stereocenters. The molecule has 16 heavy (non-hydrogen) atoms. The van der Waals surface area contributed by atoms with Crippen LogP contribution < -0.4 is 10.6 Å². The Morgan fingerprint density at radius 1 is 1.44 bits per heavy atom. The van der Waals surface area contributed by atoms with Gasteiger partial charge in [0, 0.05) is 26.3 Å². The van der Waals surface area contributed by atoms with E-state index >= 15 is 0 Å². The van der Waals surface area contributed by atoms with Gasteiger partial charge in [-0.05, 0) is 19.9 Å². The highest BCUT2D eigenvalue weighted by Crippen LogP contribution is 2.20. The summed E-state index contributed by atoms with van der Waals surface area (Å²) in [5, 5.41) is 0. The number of aromatic nitrogens is 1. The van der Waals surface area contributed by atoms with E-state index in [0.717, 1.165) is 0 Å². The van der Waals surface area contributed by atoms with Crippen LogP contribution in [0, 0.1) is 0 Å². The van der Waals surface area contributed by atoms with Gasteiger partial charge in [0.25, 0.3) is 0 Å². The smallest absolute Gasteiger partial charge is 0.324 e. The van der Waals surface area contributed by atoms with E-state index in [-0.39, 0.29) is 6.03 Å². The lowest BCUT2D eigenvalue weighted by molar-refractivity contribution is 0.211. The second kappa shape index (κ2) is 5.34. The molecule has 5 nitrogen and oxygen atoms in total. The molecule has 0 aliphatic heterocycles. The van der Waals surface area contributed by atoms with Crippen LogP contribution in [-0.4, -0.2) is 36.1 Å². The topological polar surface area (TPSA) is 62.5 Å². The van der Waals surface area contributed by atoms with Gasteiger partial charge in [-0.1, -0.05) is 0 Å². The molecule has 0 saturated carbocycles. The molecule has 0 aromatic carbocycles. The third kappa shape index (κ3) is 2.42. The monoisotopic (exact) mass is 222 g/mol. The predicted molar refractivity (Wildman–Crippen MR) is 65.4 cm³/mol. The second-order valence-electron chi connectivity index (χ2n) is 3.45. The van der Waals surface area contributed by atoms with Gasteiger partial charge >= 0.3 is 6.03 Å². The molecule has 1 aromatic rings. The lowest BCUT2D eigenvalue weighted by Crippen LogP contribution is -2.41. The van der Waals surface area contributed by atoms with Crippen LogP contribution in [-0.2, 0) is 0 Å². The summed E-state index contributed by atoms with van der Waals surface area (Å²) in [4.78, 5) is 19.2. The molecule has 0 aliphatic rings. The van der Waals surface area contributed by atoms with Crippen molar-refractivity contribution in [2.24, 2.45) is 0 Å². The molecule has 2 N–H and O–H groups in total. The van der Waals surface area contributed by atoms with Gasteiger partial charge in [-0.3, -0.25) is 9.88 Å². The van der Waals surface area contributed by atoms with Gasteiger partial charge in [-0.25, -0.2) is 4.79 Å². The lowest BCUT2D eigenvalue weighted by atomic mass is 10.3. The molecule has 0 fully saturated rings. The van der Waals surface area contributed by atoms with E-state index in [0.29, 0.717) is 24.5 Å². The van der Waals surface area contributed by atoms with Crippen LogP contribution in [0.4, 0.5) is 16.2 Å². The first-order chi connectivity index (χ1) is 7.61. The van der Waals surface area contributed by atoms with Crippen molar-refractivity contribution in [1.82, 2.24) is 9.88 Å². The van der Waals surface area contributed by atoms with Crippen molar-refractivity contribution in [3.63, 3.8) is 0 Å². The fourth-order valence-corrected chi connectivity index (χ4v) is 1.51. The highest BCUT2D eigenvalue weighted by Gasteiger charge is 2.17. The largest absolute Gasteiger partial charge is 0.396 e.